The van der Waals surface area contributed by atoms with E-state index in [4.69, 9.17) is 0 Å². The molecule has 0 aromatic heterocycles. The summed E-state index contributed by atoms with van der Waals surface area (Å²) in [5.41, 5.74) is 2.17. The molecule has 0 bridgehead atoms. The fraction of sp³-hybridized carbons (Fsp3) is 0.357. The molecular weight excluding hydrogens is 184 g/mol. The number of hydrogen-bond acceptors (Lipinski definition) is 1. The number of carbonyl (C=O) groups excluding carboxylic acids is 1. The largest absolute Gasteiger partial charge is 0.299 e. The van der Waals surface area contributed by atoms with Gasteiger partial charge < -0.3 is 0 Å². The Morgan fingerprint density at radius 1 is 1.00 bits per heavy atom. The summed E-state index contributed by atoms with van der Waals surface area (Å²) >= 11 is 0. The Bertz CT molecular complexity index is 301. The molecule has 0 aliphatic rings. The van der Waals surface area contributed by atoms with Crippen LogP contribution < -0.4 is 0 Å². The highest BCUT2D eigenvalue weighted by Crippen LogP contribution is 2.01. The molecule has 0 aromatic rings. The first-order valence-electron chi connectivity index (χ1n) is 5.21. The van der Waals surface area contributed by atoms with Crippen LogP contribution in [0.2, 0.25) is 0 Å². The predicted molar refractivity (Wildman–Crippen MR) is 66.7 cm³/mol. The van der Waals surface area contributed by atoms with Gasteiger partial charge in [0.25, 0.3) is 0 Å². The van der Waals surface area contributed by atoms with E-state index in [9.17, 15) is 4.79 Å². The summed E-state index contributed by atoms with van der Waals surface area (Å²) in [4.78, 5) is 10.2. The van der Waals surface area contributed by atoms with Gasteiger partial charge in [-0.15, -0.1) is 0 Å². The summed E-state index contributed by atoms with van der Waals surface area (Å²) in [6.07, 6.45) is 12.5. The highest BCUT2D eigenvalue weighted by Gasteiger charge is 1.84. The van der Waals surface area contributed by atoms with E-state index in [1.54, 1.807) is 6.08 Å². The summed E-state index contributed by atoms with van der Waals surface area (Å²) in [6, 6.07) is 0. The SMILES string of the molecule is CC(C=CC=C(C)C=CC(C)C)=CC=O. The lowest BCUT2D eigenvalue weighted by Crippen LogP contribution is -1.77. The van der Waals surface area contributed by atoms with Crippen molar-refractivity contribution in [3.63, 3.8) is 0 Å². The van der Waals surface area contributed by atoms with E-state index in [-0.39, 0.29) is 0 Å². The van der Waals surface area contributed by atoms with E-state index in [1.807, 2.05) is 25.2 Å². The second-order valence-corrected chi connectivity index (χ2v) is 3.92. The van der Waals surface area contributed by atoms with Crippen LogP contribution in [0, 0.1) is 5.92 Å². The van der Waals surface area contributed by atoms with E-state index in [0.717, 1.165) is 11.9 Å². The summed E-state index contributed by atoms with van der Waals surface area (Å²) in [5.74, 6) is 0.578. The quantitative estimate of drug-likeness (QED) is 0.378. The number of aldehydes is 1. The summed E-state index contributed by atoms with van der Waals surface area (Å²) in [6.45, 7) is 8.26. The van der Waals surface area contributed by atoms with Crippen LogP contribution in [0.4, 0.5) is 0 Å². The average Bonchev–Trinajstić information content (AvgIpc) is 2.15. The van der Waals surface area contributed by atoms with Crippen molar-refractivity contribution in [2.45, 2.75) is 27.7 Å². The van der Waals surface area contributed by atoms with Gasteiger partial charge >= 0.3 is 0 Å². The third kappa shape index (κ3) is 8.95. The molecule has 0 spiro atoms. The third-order valence-corrected chi connectivity index (χ3v) is 1.79. The maximum Gasteiger partial charge on any atom is 0.143 e. The summed E-state index contributed by atoms with van der Waals surface area (Å²) < 4.78 is 0. The third-order valence-electron chi connectivity index (χ3n) is 1.79. The topological polar surface area (TPSA) is 17.1 Å². The Kier molecular flexibility index (Phi) is 7.25. The smallest absolute Gasteiger partial charge is 0.143 e. The van der Waals surface area contributed by atoms with E-state index in [0.29, 0.717) is 5.92 Å². The molecule has 0 aliphatic heterocycles. The highest BCUT2D eigenvalue weighted by molar-refractivity contribution is 5.66. The maximum atomic E-state index is 10.2. The van der Waals surface area contributed by atoms with Crippen molar-refractivity contribution < 1.29 is 4.79 Å². The van der Waals surface area contributed by atoms with E-state index in [2.05, 4.69) is 32.9 Å². The molecule has 0 saturated heterocycles. The van der Waals surface area contributed by atoms with Gasteiger partial charge in [-0.1, -0.05) is 49.8 Å². The van der Waals surface area contributed by atoms with Crippen LogP contribution in [0.3, 0.4) is 0 Å². The van der Waals surface area contributed by atoms with Gasteiger partial charge in [-0.2, -0.15) is 0 Å². The Balaban J connectivity index is 4.27. The molecule has 15 heavy (non-hydrogen) atoms. The van der Waals surface area contributed by atoms with Crippen LogP contribution in [-0.4, -0.2) is 6.29 Å². The van der Waals surface area contributed by atoms with Gasteiger partial charge in [0.15, 0.2) is 0 Å². The molecule has 0 N–H and O–H groups in total. The zero-order valence-electron chi connectivity index (χ0n) is 10.0. The second kappa shape index (κ2) is 7.98. The first-order valence-corrected chi connectivity index (χ1v) is 5.21. The van der Waals surface area contributed by atoms with E-state index < -0.39 is 0 Å². The number of rotatable bonds is 5. The van der Waals surface area contributed by atoms with Crippen LogP contribution in [0.1, 0.15) is 27.7 Å². The molecular formula is C14H20O. The van der Waals surface area contributed by atoms with Crippen molar-refractivity contribution in [3.05, 3.63) is 47.6 Å². The molecule has 0 amide bonds. The first kappa shape index (κ1) is 13.6. The molecule has 0 saturated carbocycles. The molecule has 1 heteroatoms. The predicted octanol–water partition coefficient (Wildman–Crippen LogP) is 3.85. The van der Waals surface area contributed by atoms with Crippen LogP contribution in [-0.2, 0) is 4.79 Å². The molecule has 0 fully saturated rings. The molecule has 0 radical (unpaired) electrons. The van der Waals surface area contributed by atoms with Gasteiger partial charge in [-0.05, 0) is 31.4 Å². The van der Waals surface area contributed by atoms with Crippen LogP contribution in [0.5, 0.6) is 0 Å². The lowest BCUT2D eigenvalue weighted by molar-refractivity contribution is -0.104. The second-order valence-electron chi connectivity index (χ2n) is 3.92. The minimum absolute atomic E-state index is 0.578. The molecule has 0 unspecified atom stereocenters. The van der Waals surface area contributed by atoms with Crippen molar-refractivity contribution in [1.82, 2.24) is 0 Å². The fourth-order valence-electron chi connectivity index (χ4n) is 0.914. The molecule has 0 rings (SSSR count). The molecule has 0 atom stereocenters. The van der Waals surface area contributed by atoms with Crippen LogP contribution in [0.15, 0.2) is 47.6 Å². The van der Waals surface area contributed by atoms with Gasteiger partial charge in [0.1, 0.15) is 6.29 Å². The first-order chi connectivity index (χ1) is 7.06. The average molecular weight is 204 g/mol. The lowest BCUT2D eigenvalue weighted by Gasteiger charge is -1.93. The van der Waals surface area contributed by atoms with Crippen molar-refractivity contribution in [3.8, 4) is 0 Å². The molecule has 0 aliphatic carbocycles. The Labute approximate surface area is 92.9 Å². The zero-order chi connectivity index (χ0) is 11.7. The molecule has 0 aromatic carbocycles. The highest BCUT2D eigenvalue weighted by atomic mass is 16.1. The van der Waals surface area contributed by atoms with E-state index >= 15 is 0 Å². The van der Waals surface area contributed by atoms with Gasteiger partial charge in [0.05, 0.1) is 0 Å². The molecule has 1 nitrogen and oxygen atoms in total. The van der Waals surface area contributed by atoms with E-state index in [1.165, 1.54) is 5.57 Å². The van der Waals surface area contributed by atoms with Gasteiger partial charge in [0.2, 0.25) is 0 Å². The normalized spacial score (nSPS) is 14.5. The standard InChI is InChI=1S/C14H20O/c1-12(2)8-9-13(3)6-5-7-14(4)10-11-15/h5-12H,1-4H3. The van der Waals surface area contributed by atoms with Crippen LogP contribution >= 0.6 is 0 Å². The molecule has 82 valence electrons. The van der Waals surface area contributed by atoms with Crippen LogP contribution in [0.25, 0.3) is 0 Å². The summed E-state index contributed by atoms with van der Waals surface area (Å²) in [5, 5.41) is 0. The minimum Gasteiger partial charge on any atom is -0.299 e. The van der Waals surface area contributed by atoms with Crippen molar-refractivity contribution in [2.24, 2.45) is 5.92 Å². The van der Waals surface area contributed by atoms with Crippen molar-refractivity contribution in [2.75, 3.05) is 0 Å². The zero-order valence-corrected chi connectivity index (χ0v) is 10.0. The monoisotopic (exact) mass is 204 g/mol. The van der Waals surface area contributed by atoms with Gasteiger partial charge in [0, 0.05) is 0 Å². The van der Waals surface area contributed by atoms with Crippen molar-refractivity contribution >= 4 is 6.29 Å². The molecule has 0 heterocycles. The number of hydrogen-bond donors (Lipinski definition) is 0. The lowest BCUT2D eigenvalue weighted by atomic mass is 10.1. The fourth-order valence-corrected chi connectivity index (χ4v) is 0.914. The minimum atomic E-state index is 0.578. The number of allylic oxidation sites excluding steroid dienone is 8. The summed E-state index contributed by atoms with van der Waals surface area (Å²) in [7, 11) is 0. The van der Waals surface area contributed by atoms with Crippen molar-refractivity contribution in [1.29, 1.82) is 0 Å². The Hall–Kier alpha value is -1.37. The Morgan fingerprint density at radius 3 is 2.13 bits per heavy atom. The van der Waals surface area contributed by atoms with Gasteiger partial charge in [-0.3, -0.25) is 4.79 Å². The van der Waals surface area contributed by atoms with Gasteiger partial charge in [-0.25, -0.2) is 0 Å². The Morgan fingerprint density at radius 2 is 1.60 bits per heavy atom. The number of carbonyl (C=O) groups is 1. The maximum absolute atomic E-state index is 10.2.